The van der Waals surface area contributed by atoms with Crippen molar-refractivity contribution in [1.29, 1.82) is 0 Å². The van der Waals surface area contributed by atoms with Gasteiger partial charge in [0.15, 0.2) is 0 Å². The average molecular weight is 303 g/mol. The summed E-state index contributed by atoms with van der Waals surface area (Å²) in [7, 11) is -3.01. The number of nitrogens with zero attached hydrogens (tertiary/aromatic N) is 2. The fourth-order valence-corrected chi connectivity index (χ4v) is 4.49. The molecule has 2 aliphatic rings. The SMILES string of the molecule is CCCC1(CN2CCN(S(C)(=O)=O)CC2)CCNCC1. The number of piperidine rings is 1. The molecule has 0 atom stereocenters. The summed E-state index contributed by atoms with van der Waals surface area (Å²) >= 11 is 0. The first-order valence-electron chi connectivity index (χ1n) is 7.83. The van der Waals surface area contributed by atoms with E-state index in [0.29, 0.717) is 18.5 Å². The third kappa shape index (κ3) is 4.16. The molecule has 0 amide bonds. The minimum absolute atomic E-state index is 0.452. The summed E-state index contributed by atoms with van der Waals surface area (Å²) in [4.78, 5) is 2.47. The highest BCUT2D eigenvalue weighted by molar-refractivity contribution is 7.88. The minimum atomic E-state index is -3.01. The van der Waals surface area contributed by atoms with E-state index in [1.54, 1.807) is 4.31 Å². The molecule has 0 aromatic heterocycles. The molecule has 0 aliphatic carbocycles. The second kappa shape index (κ2) is 6.73. The monoisotopic (exact) mass is 303 g/mol. The molecule has 1 N–H and O–H groups in total. The number of hydrogen-bond donors (Lipinski definition) is 1. The second-order valence-corrected chi connectivity index (χ2v) is 8.42. The van der Waals surface area contributed by atoms with Crippen molar-refractivity contribution >= 4 is 10.0 Å². The van der Waals surface area contributed by atoms with Crippen LogP contribution in [0, 0.1) is 5.41 Å². The number of hydrogen-bond acceptors (Lipinski definition) is 4. The Balaban J connectivity index is 1.89. The zero-order valence-corrected chi connectivity index (χ0v) is 13.7. The van der Waals surface area contributed by atoms with Crippen LogP contribution in [0.1, 0.15) is 32.6 Å². The zero-order valence-electron chi connectivity index (χ0n) is 12.9. The van der Waals surface area contributed by atoms with Crippen molar-refractivity contribution in [3.05, 3.63) is 0 Å². The molecule has 2 fully saturated rings. The van der Waals surface area contributed by atoms with Gasteiger partial charge in [0.2, 0.25) is 10.0 Å². The molecule has 6 heteroatoms. The van der Waals surface area contributed by atoms with Crippen LogP contribution in [0.5, 0.6) is 0 Å². The van der Waals surface area contributed by atoms with Gasteiger partial charge in [-0.25, -0.2) is 8.42 Å². The molecule has 2 saturated heterocycles. The molecule has 0 radical (unpaired) electrons. The Bertz CT molecular complexity index is 391. The largest absolute Gasteiger partial charge is 0.317 e. The fraction of sp³-hybridized carbons (Fsp3) is 1.00. The lowest BCUT2D eigenvalue weighted by Crippen LogP contribution is -2.52. The lowest BCUT2D eigenvalue weighted by molar-refractivity contribution is 0.0793. The van der Waals surface area contributed by atoms with Crippen LogP contribution < -0.4 is 5.32 Å². The first-order valence-corrected chi connectivity index (χ1v) is 9.68. The lowest BCUT2D eigenvalue weighted by atomic mass is 9.75. The van der Waals surface area contributed by atoms with Gasteiger partial charge < -0.3 is 10.2 Å². The maximum absolute atomic E-state index is 11.5. The minimum Gasteiger partial charge on any atom is -0.317 e. The second-order valence-electron chi connectivity index (χ2n) is 6.44. The van der Waals surface area contributed by atoms with E-state index in [9.17, 15) is 8.42 Å². The van der Waals surface area contributed by atoms with Gasteiger partial charge in [0, 0.05) is 32.7 Å². The van der Waals surface area contributed by atoms with E-state index >= 15 is 0 Å². The zero-order chi connectivity index (χ0) is 14.6. The van der Waals surface area contributed by atoms with Crippen LogP contribution in [0.25, 0.3) is 0 Å². The van der Waals surface area contributed by atoms with Crippen molar-refractivity contribution in [2.45, 2.75) is 32.6 Å². The third-order valence-electron chi connectivity index (χ3n) is 4.80. The van der Waals surface area contributed by atoms with Gasteiger partial charge in [0.25, 0.3) is 0 Å². The summed E-state index contributed by atoms with van der Waals surface area (Å²) in [5.41, 5.74) is 0.452. The Morgan fingerprint density at radius 3 is 2.20 bits per heavy atom. The van der Waals surface area contributed by atoms with Crippen LogP contribution in [-0.2, 0) is 10.0 Å². The molecular formula is C14H29N3O2S. The molecule has 5 nitrogen and oxygen atoms in total. The molecule has 2 aliphatic heterocycles. The maximum atomic E-state index is 11.5. The first kappa shape index (κ1) is 16.2. The predicted octanol–water partition coefficient (Wildman–Crippen LogP) is 0.734. The molecule has 2 heterocycles. The third-order valence-corrected chi connectivity index (χ3v) is 6.11. The van der Waals surface area contributed by atoms with E-state index in [2.05, 4.69) is 17.1 Å². The smallest absolute Gasteiger partial charge is 0.211 e. The van der Waals surface area contributed by atoms with Gasteiger partial charge in [-0.2, -0.15) is 4.31 Å². The number of rotatable bonds is 5. The van der Waals surface area contributed by atoms with Crippen molar-refractivity contribution in [2.75, 3.05) is 52.1 Å². The Kier molecular flexibility index (Phi) is 5.45. The summed E-state index contributed by atoms with van der Waals surface area (Å²) in [5.74, 6) is 0. The van der Waals surface area contributed by atoms with Gasteiger partial charge >= 0.3 is 0 Å². The number of piperazine rings is 1. The van der Waals surface area contributed by atoms with Crippen molar-refractivity contribution in [3.63, 3.8) is 0 Å². The van der Waals surface area contributed by atoms with Crippen molar-refractivity contribution < 1.29 is 8.42 Å². The van der Waals surface area contributed by atoms with Gasteiger partial charge in [0.1, 0.15) is 0 Å². The average Bonchev–Trinajstić information content (AvgIpc) is 2.39. The molecule has 0 unspecified atom stereocenters. The Morgan fingerprint density at radius 2 is 1.70 bits per heavy atom. The molecule has 118 valence electrons. The Hall–Kier alpha value is -0.170. The van der Waals surface area contributed by atoms with Gasteiger partial charge in [-0.1, -0.05) is 13.3 Å². The van der Waals surface area contributed by atoms with Crippen LogP contribution >= 0.6 is 0 Å². The van der Waals surface area contributed by atoms with E-state index in [-0.39, 0.29) is 0 Å². The molecule has 0 aromatic carbocycles. The Morgan fingerprint density at radius 1 is 1.10 bits per heavy atom. The van der Waals surface area contributed by atoms with E-state index in [1.165, 1.54) is 31.9 Å². The highest BCUT2D eigenvalue weighted by Crippen LogP contribution is 2.35. The standard InChI is InChI=1S/C14H29N3O2S/c1-3-4-14(5-7-15-8-6-14)13-16-9-11-17(12-10-16)20(2,18)19/h15H,3-13H2,1-2H3. The molecule has 20 heavy (non-hydrogen) atoms. The van der Waals surface area contributed by atoms with Crippen LogP contribution in [0.15, 0.2) is 0 Å². The van der Waals surface area contributed by atoms with Gasteiger partial charge in [0.05, 0.1) is 6.26 Å². The Labute approximate surface area is 123 Å². The van der Waals surface area contributed by atoms with E-state index in [0.717, 1.165) is 32.7 Å². The quantitative estimate of drug-likeness (QED) is 0.814. The number of nitrogens with one attached hydrogen (secondary N) is 1. The summed E-state index contributed by atoms with van der Waals surface area (Å²) in [6, 6.07) is 0. The van der Waals surface area contributed by atoms with Crippen molar-refractivity contribution in [3.8, 4) is 0 Å². The maximum Gasteiger partial charge on any atom is 0.211 e. The van der Waals surface area contributed by atoms with Gasteiger partial charge in [-0.3, -0.25) is 0 Å². The van der Waals surface area contributed by atoms with Gasteiger partial charge in [-0.15, -0.1) is 0 Å². The van der Waals surface area contributed by atoms with E-state index < -0.39 is 10.0 Å². The topological polar surface area (TPSA) is 52.7 Å². The number of sulfonamides is 1. The highest BCUT2D eigenvalue weighted by Gasteiger charge is 2.34. The summed E-state index contributed by atoms with van der Waals surface area (Å²) < 4.78 is 24.7. The van der Waals surface area contributed by atoms with Crippen LogP contribution in [0.4, 0.5) is 0 Å². The van der Waals surface area contributed by atoms with E-state index in [4.69, 9.17) is 0 Å². The molecular weight excluding hydrogens is 274 g/mol. The van der Waals surface area contributed by atoms with Crippen molar-refractivity contribution in [1.82, 2.24) is 14.5 Å². The molecule has 0 spiro atoms. The van der Waals surface area contributed by atoms with Crippen LogP contribution in [0.3, 0.4) is 0 Å². The first-order chi connectivity index (χ1) is 9.45. The lowest BCUT2D eigenvalue weighted by Gasteiger charge is -2.43. The molecule has 0 bridgehead atoms. The van der Waals surface area contributed by atoms with Crippen LogP contribution in [0.2, 0.25) is 0 Å². The normalized spacial score (nSPS) is 25.7. The molecule has 2 rings (SSSR count). The van der Waals surface area contributed by atoms with Gasteiger partial charge in [-0.05, 0) is 37.8 Å². The predicted molar refractivity (Wildman–Crippen MR) is 82.3 cm³/mol. The highest BCUT2D eigenvalue weighted by atomic mass is 32.2. The molecule has 0 aromatic rings. The fourth-order valence-electron chi connectivity index (χ4n) is 3.67. The van der Waals surface area contributed by atoms with Crippen molar-refractivity contribution in [2.24, 2.45) is 5.41 Å². The molecule has 0 saturated carbocycles. The van der Waals surface area contributed by atoms with E-state index in [1.807, 2.05) is 0 Å². The summed E-state index contributed by atoms with van der Waals surface area (Å²) in [6.45, 7) is 8.73. The summed E-state index contributed by atoms with van der Waals surface area (Å²) in [6.07, 6.45) is 6.36. The summed E-state index contributed by atoms with van der Waals surface area (Å²) in [5, 5.41) is 3.46. The van der Waals surface area contributed by atoms with Crippen LogP contribution in [-0.4, -0.2) is 69.7 Å².